The normalized spacial score (nSPS) is 9.87. The van der Waals surface area contributed by atoms with Gasteiger partial charge in [-0.3, -0.25) is 9.59 Å². The number of carboxylic acids is 2. The zero-order valence-corrected chi connectivity index (χ0v) is 20.6. The van der Waals surface area contributed by atoms with Gasteiger partial charge in [0, 0.05) is 37.6 Å². The van der Waals surface area contributed by atoms with Crippen molar-refractivity contribution in [3.63, 3.8) is 0 Å². The first-order valence-electron chi connectivity index (χ1n) is 11.8. The second kappa shape index (κ2) is 26.8. The molecule has 0 saturated heterocycles. The van der Waals surface area contributed by atoms with Crippen molar-refractivity contribution in [3.8, 4) is 0 Å². The second-order valence-electron chi connectivity index (χ2n) is 7.92. The second-order valence-corrected chi connectivity index (χ2v) is 7.92. The Kier molecular flexibility index (Phi) is 29.8. The summed E-state index contributed by atoms with van der Waals surface area (Å²) in [6.45, 7) is 4.36. The molecule has 0 aliphatic rings. The molecular formula is C24H42CoO6. The van der Waals surface area contributed by atoms with Crippen LogP contribution >= 0.6 is 0 Å². The summed E-state index contributed by atoms with van der Waals surface area (Å²) in [6.07, 6.45) is 16.0. The Morgan fingerprint density at radius 2 is 0.742 bits per heavy atom. The summed E-state index contributed by atoms with van der Waals surface area (Å²) in [4.78, 5) is 42.1. The molecule has 0 aliphatic heterocycles. The third-order valence-electron chi connectivity index (χ3n) is 4.80. The van der Waals surface area contributed by atoms with Crippen LogP contribution in [0.1, 0.15) is 129 Å². The largest absolute Gasteiger partial charge is 2.00 e. The number of Topliss-reactive ketones (excluding diaryl/α,β-unsaturated/α-hetero) is 2. The fraction of sp³-hybridized carbons (Fsp3) is 0.833. The average Bonchev–Trinajstić information content (AvgIpc) is 2.66. The number of ketones is 2. The van der Waals surface area contributed by atoms with Gasteiger partial charge in [-0.15, -0.1) is 0 Å². The first-order valence-corrected chi connectivity index (χ1v) is 11.8. The number of carboxylic acid groups (broad SMARTS) is 2. The van der Waals surface area contributed by atoms with Crippen molar-refractivity contribution in [1.82, 2.24) is 0 Å². The molecule has 0 N–H and O–H groups in total. The van der Waals surface area contributed by atoms with E-state index >= 15 is 0 Å². The van der Waals surface area contributed by atoms with Gasteiger partial charge in [-0.05, 0) is 12.8 Å². The van der Waals surface area contributed by atoms with E-state index < -0.39 is 24.8 Å². The number of hydrogen-bond acceptors (Lipinski definition) is 6. The van der Waals surface area contributed by atoms with Crippen LogP contribution in [0.3, 0.4) is 0 Å². The minimum Gasteiger partial charge on any atom is -0.550 e. The van der Waals surface area contributed by atoms with Crippen molar-refractivity contribution < 1.29 is 46.2 Å². The van der Waals surface area contributed by atoms with Crippen LogP contribution < -0.4 is 10.2 Å². The Balaban J connectivity index is -0.000000490. The van der Waals surface area contributed by atoms with Crippen molar-refractivity contribution in [3.05, 3.63) is 0 Å². The number of hydrogen-bond donors (Lipinski definition) is 0. The van der Waals surface area contributed by atoms with Crippen LogP contribution in [0.15, 0.2) is 0 Å². The minimum absolute atomic E-state index is 0. The molecule has 0 bridgehead atoms. The molecule has 6 nitrogen and oxygen atoms in total. The molecule has 7 heteroatoms. The Morgan fingerprint density at radius 3 is 1.00 bits per heavy atom. The molecule has 0 heterocycles. The van der Waals surface area contributed by atoms with Crippen LogP contribution in [-0.4, -0.2) is 23.5 Å². The Labute approximate surface area is 199 Å². The Morgan fingerprint density at radius 1 is 0.484 bits per heavy atom. The molecule has 0 aromatic rings. The standard InChI is InChI=1S/2C12H22O3.Co/c2*1-2-3-4-5-6-7-8-9-11(13)10-12(14)15;/h2*2-10H2,1H3,(H,14,15);/q;;+2/p-2. The van der Waals surface area contributed by atoms with E-state index in [1.807, 2.05) is 0 Å². The molecule has 31 heavy (non-hydrogen) atoms. The predicted octanol–water partition coefficient (Wildman–Crippen LogP) is 3.67. The van der Waals surface area contributed by atoms with Crippen molar-refractivity contribution in [2.24, 2.45) is 0 Å². The summed E-state index contributed by atoms with van der Waals surface area (Å²) in [6, 6.07) is 0. The molecule has 0 fully saturated rings. The van der Waals surface area contributed by atoms with Crippen molar-refractivity contribution in [2.45, 2.75) is 129 Å². The fourth-order valence-electron chi connectivity index (χ4n) is 3.06. The van der Waals surface area contributed by atoms with Crippen molar-refractivity contribution in [1.29, 1.82) is 0 Å². The first-order chi connectivity index (χ1) is 14.3. The molecule has 0 saturated carbocycles. The summed E-state index contributed by atoms with van der Waals surface area (Å²) in [5, 5.41) is 20.2. The SMILES string of the molecule is CCCCCCCCCC(=O)CC(=O)[O-].CCCCCCCCCC(=O)CC(=O)[O-].[Co+2]. The maximum absolute atomic E-state index is 11.0. The van der Waals surface area contributed by atoms with Crippen LogP contribution in [0.2, 0.25) is 0 Å². The maximum atomic E-state index is 11.0. The molecule has 0 unspecified atom stereocenters. The quantitative estimate of drug-likeness (QED) is 0.192. The molecule has 0 amide bonds. The summed E-state index contributed by atoms with van der Waals surface area (Å²) in [5.74, 6) is -2.93. The number of aliphatic carboxylic acids is 2. The third-order valence-corrected chi connectivity index (χ3v) is 4.80. The van der Waals surface area contributed by atoms with E-state index in [-0.39, 0.29) is 28.3 Å². The molecule has 0 spiro atoms. The van der Waals surface area contributed by atoms with Gasteiger partial charge < -0.3 is 19.8 Å². The van der Waals surface area contributed by atoms with E-state index in [1.54, 1.807) is 0 Å². The van der Waals surface area contributed by atoms with Crippen LogP contribution in [0.25, 0.3) is 0 Å². The smallest absolute Gasteiger partial charge is 0.550 e. The van der Waals surface area contributed by atoms with Gasteiger partial charge in [0.1, 0.15) is 11.6 Å². The topological polar surface area (TPSA) is 114 Å². The minimum atomic E-state index is -1.26. The van der Waals surface area contributed by atoms with Crippen LogP contribution in [0.5, 0.6) is 0 Å². The van der Waals surface area contributed by atoms with Crippen molar-refractivity contribution in [2.75, 3.05) is 0 Å². The van der Waals surface area contributed by atoms with E-state index in [1.165, 1.54) is 51.4 Å². The molecule has 1 radical (unpaired) electrons. The number of rotatable bonds is 20. The average molecular weight is 486 g/mol. The Bertz CT molecular complexity index is 423. The predicted molar refractivity (Wildman–Crippen MR) is 114 cm³/mol. The molecule has 0 aromatic carbocycles. The number of carbonyl (C=O) groups excluding carboxylic acids is 4. The molecule has 0 aromatic heterocycles. The summed E-state index contributed by atoms with van der Waals surface area (Å²) in [5.41, 5.74) is 0. The third kappa shape index (κ3) is 33.6. The van der Waals surface area contributed by atoms with Gasteiger partial charge in [0.2, 0.25) is 0 Å². The fourth-order valence-corrected chi connectivity index (χ4v) is 3.06. The molecule has 0 rings (SSSR count). The Hall–Kier alpha value is -1.21. The summed E-state index contributed by atoms with van der Waals surface area (Å²) < 4.78 is 0. The first kappa shape index (κ1) is 34.4. The van der Waals surface area contributed by atoms with Gasteiger partial charge in [0.15, 0.2) is 0 Å². The van der Waals surface area contributed by atoms with Crippen LogP contribution in [0.4, 0.5) is 0 Å². The van der Waals surface area contributed by atoms with Crippen molar-refractivity contribution >= 4 is 23.5 Å². The van der Waals surface area contributed by atoms with Gasteiger partial charge in [0.05, 0.1) is 0 Å². The zero-order chi connectivity index (χ0) is 23.0. The van der Waals surface area contributed by atoms with E-state index in [0.717, 1.165) is 38.5 Å². The monoisotopic (exact) mass is 485 g/mol. The van der Waals surface area contributed by atoms with E-state index in [2.05, 4.69) is 13.8 Å². The number of carbonyl (C=O) groups is 4. The van der Waals surface area contributed by atoms with E-state index in [0.29, 0.717) is 12.8 Å². The number of unbranched alkanes of at least 4 members (excludes halogenated alkanes) is 12. The van der Waals surface area contributed by atoms with Gasteiger partial charge >= 0.3 is 16.8 Å². The van der Waals surface area contributed by atoms with Gasteiger partial charge in [0.25, 0.3) is 0 Å². The van der Waals surface area contributed by atoms with E-state index in [9.17, 15) is 29.4 Å². The van der Waals surface area contributed by atoms with Gasteiger partial charge in [-0.2, -0.15) is 0 Å². The van der Waals surface area contributed by atoms with Gasteiger partial charge in [-0.1, -0.05) is 90.9 Å². The molecule has 0 aliphatic carbocycles. The molecule has 183 valence electrons. The molecule has 0 atom stereocenters. The zero-order valence-electron chi connectivity index (χ0n) is 19.5. The summed E-state index contributed by atoms with van der Waals surface area (Å²) >= 11 is 0. The molecular weight excluding hydrogens is 443 g/mol. The van der Waals surface area contributed by atoms with Crippen LogP contribution in [0, 0.1) is 0 Å². The summed E-state index contributed by atoms with van der Waals surface area (Å²) in [7, 11) is 0. The van der Waals surface area contributed by atoms with Crippen LogP contribution in [-0.2, 0) is 36.0 Å². The van der Waals surface area contributed by atoms with Gasteiger partial charge in [-0.25, -0.2) is 0 Å². The maximum Gasteiger partial charge on any atom is 2.00 e. The van der Waals surface area contributed by atoms with E-state index in [4.69, 9.17) is 0 Å².